The first-order valence-corrected chi connectivity index (χ1v) is 4.17. The highest BCUT2D eigenvalue weighted by molar-refractivity contribution is 8.04. The van der Waals surface area contributed by atoms with Gasteiger partial charge in [0.2, 0.25) is 0 Å². The van der Waals surface area contributed by atoms with E-state index in [1.807, 2.05) is 18.4 Å². The standard InChI is InChI=1S/C8H12OS/c1-3-8(7-9)5-6-10-4-2/h4-8H,2-3H2,1H3/b6-5-. The van der Waals surface area contributed by atoms with E-state index in [9.17, 15) is 4.79 Å². The molecule has 1 unspecified atom stereocenters. The zero-order chi connectivity index (χ0) is 7.82. The second-order valence-corrected chi connectivity index (χ2v) is 2.72. The van der Waals surface area contributed by atoms with Crippen LogP contribution >= 0.6 is 11.8 Å². The van der Waals surface area contributed by atoms with Crippen molar-refractivity contribution in [1.82, 2.24) is 0 Å². The predicted octanol–water partition coefficient (Wildman–Crippen LogP) is 2.60. The first-order chi connectivity index (χ1) is 4.85. The van der Waals surface area contributed by atoms with E-state index >= 15 is 0 Å². The molecule has 0 aliphatic rings. The maximum atomic E-state index is 10.2. The molecule has 0 aromatic heterocycles. The molecule has 0 aromatic rings. The van der Waals surface area contributed by atoms with Crippen molar-refractivity contribution in [3.05, 3.63) is 23.5 Å². The molecule has 0 aliphatic carbocycles. The van der Waals surface area contributed by atoms with Crippen molar-refractivity contribution in [2.75, 3.05) is 0 Å². The van der Waals surface area contributed by atoms with Gasteiger partial charge in [-0.3, -0.25) is 0 Å². The van der Waals surface area contributed by atoms with E-state index in [4.69, 9.17) is 0 Å². The minimum absolute atomic E-state index is 0.0763. The second kappa shape index (κ2) is 6.62. The van der Waals surface area contributed by atoms with Crippen LogP contribution in [0.25, 0.3) is 0 Å². The zero-order valence-corrected chi connectivity index (χ0v) is 6.93. The Labute approximate surface area is 66.2 Å². The number of rotatable bonds is 5. The molecule has 0 aliphatic heterocycles. The van der Waals surface area contributed by atoms with Crippen molar-refractivity contribution < 1.29 is 4.79 Å². The Morgan fingerprint density at radius 3 is 2.80 bits per heavy atom. The molecule has 0 fully saturated rings. The fourth-order valence-corrected chi connectivity index (χ4v) is 0.883. The lowest BCUT2D eigenvalue weighted by molar-refractivity contribution is -0.109. The van der Waals surface area contributed by atoms with Gasteiger partial charge in [0.15, 0.2) is 0 Å². The summed E-state index contributed by atoms with van der Waals surface area (Å²) in [5.74, 6) is 0.0763. The summed E-state index contributed by atoms with van der Waals surface area (Å²) in [6.45, 7) is 5.52. The minimum atomic E-state index is 0.0763. The molecule has 2 heteroatoms. The van der Waals surface area contributed by atoms with E-state index in [1.165, 1.54) is 11.8 Å². The van der Waals surface area contributed by atoms with Crippen molar-refractivity contribution in [2.24, 2.45) is 5.92 Å². The van der Waals surface area contributed by atoms with Gasteiger partial charge in [-0.25, -0.2) is 0 Å². The summed E-state index contributed by atoms with van der Waals surface area (Å²) in [4.78, 5) is 10.2. The third-order valence-corrected chi connectivity index (χ3v) is 1.65. The molecule has 0 aromatic carbocycles. The highest BCUT2D eigenvalue weighted by Crippen LogP contribution is 2.07. The van der Waals surface area contributed by atoms with Crippen molar-refractivity contribution in [3.63, 3.8) is 0 Å². The van der Waals surface area contributed by atoms with Gasteiger partial charge in [0.1, 0.15) is 6.29 Å². The normalized spacial score (nSPS) is 13.3. The van der Waals surface area contributed by atoms with Crippen molar-refractivity contribution in [3.8, 4) is 0 Å². The van der Waals surface area contributed by atoms with Crippen LogP contribution in [-0.2, 0) is 4.79 Å². The van der Waals surface area contributed by atoms with Crippen molar-refractivity contribution in [1.29, 1.82) is 0 Å². The summed E-state index contributed by atoms with van der Waals surface area (Å²) >= 11 is 1.49. The number of aldehydes is 1. The topological polar surface area (TPSA) is 17.1 Å². The Balaban J connectivity index is 3.59. The van der Waals surface area contributed by atoms with Crippen molar-refractivity contribution in [2.45, 2.75) is 13.3 Å². The number of thioether (sulfide) groups is 1. The average Bonchev–Trinajstić information content (AvgIpc) is 1.99. The fraction of sp³-hybridized carbons (Fsp3) is 0.375. The summed E-state index contributed by atoms with van der Waals surface area (Å²) in [5.41, 5.74) is 0. The molecule has 1 nitrogen and oxygen atoms in total. The molecule has 0 bridgehead atoms. The van der Waals surface area contributed by atoms with Gasteiger partial charge in [-0.15, -0.1) is 11.8 Å². The first-order valence-electron chi connectivity index (χ1n) is 3.23. The van der Waals surface area contributed by atoms with E-state index in [-0.39, 0.29) is 5.92 Å². The van der Waals surface area contributed by atoms with Crippen LogP contribution in [0.1, 0.15) is 13.3 Å². The lowest BCUT2D eigenvalue weighted by Gasteiger charge is -1.95. The van der Waals surface area contributed by atoms with Crippen LogP contribution in [0.5, 0.6) is 0 Å². The number of hydrogen-bond acceptors (Lipinski definition) is 2. The molecule has 10 heavy (non-hydrogen) atoms. The van der Waals surface area contributed by atoms with Crippen LogP contribution in [0, 0.1) is 5.92 Å². The van der Waals surface area contributed by atoms with Gasteiger partial charge in [0, 0.05) is 5.92 Å². The van der Waals surface area contributed by atoms with Gasteiger partial charge in [0.25, 0.3) is 0 Å². The highest BCUT2D eigenvalue weighted by atomic mass is 32.2. The molecular formula is C8H12OS. The van der Waals surface area contributed by atoms with Gasteiger partial charge in [-0.1, -0.05) is 19.6 Å². The van der Waals surface area contributed by atoms with E-state index in [0.29, 0.717) is 0 Å². The smallest absolute Gasteiger partial charge is 0.126 e. The summed E-state index contributed by atoms with van der Waals surface area (Å²) in [6, 6.07) is 0. The van der Waals surface area contributed by atoms with E-state index in [2.05, 4.69) is 6.58 Å². The lowest BCUT2D eigenvalue weighted by atomic mass is 10.1. The van der Waals surface area contributed by atoms with Gasteiger partial charge < -0.3 is 4.79 Å². The quantitative estimate of drug-likeness (QED) is 0.569. The summed E-state index contributed by atoms with van der Waals surface area (Å²) in [7, 11) is 0. The van der Waals surface area contributed by atoms with Crippen LogP contribution in [-0.4, -0.2) is 6.29 Å². The Hall–Kier alpha value is -0.500. The molecule has 0 saturated heterocycles. The molecule has 0 heterocycles. The van der Waals surface area contributed by atoms with Gasteiger partial charge in [0.05, 0.1) is 0 Å². The molecule has 56 valence electrons. The Kier molecular flexibility index (Phi) is 6.29. The number of allylic oxidation sites excluding steroid dienone is 1. The van der Waals surface area contributed by atoms with Crippen LogP contribution in [0.2, 0.25) is 0 Å². The molecule has 0 spiro atoms. The van der Waals surface area contributed by atoms with E-state index in [0.717, 1.165) is 12.7 Å². The van der Waals surface area contributed by atoms with Gasteiger partial charge >= 0.3 is 0 Å². The zero-order valence-electron chi connectivity index (χ0n) is 6.12. The van der Waals surface area contributed by atoms with Crippen LogP contribution in [0.15, 0.2) is 23.5 Å². The molecule has 0 amide bonds. The van der Waals surface area contributed by atoms with Gasteiger partial charge in [-0.2, -0.15) is 0 Å². The highest BCUT2D eigenvalue weighted by Gasteiger charge is 1.95. The molecule has 1 atom stereocenters. The monoisotopic (exact) mass is 156 g/mol. The average molecular weight is 156 g/mol. The molecule has 0 N–H and O–H groups in total. The lowest BCUT2D eigenvalue weighted by Crippen LogP contribution is -1.93. The van der Waals surface area contributed by atoms with Gasteiger partial charge in [-0.05, 0) is 17.2 Å². The summed E-state index contributed by atoms with van der Waals surface area (Å²) < 4.78 is 0. The molecule has 0 saturated carbocycles. The largest absolute Gasteiger partial charge is 0.303 e. The maximum Gasteiger partial charge on any atom is 0.126 e. The van der Waals surface area contributed by atoms with E-state index < -0.39 is 0 Å². The molecule has 0 rings (SSSR count). The fourth-order valence-electron chi connectivity index (χ4n) is 0.480. The van der Waals surface area contributed by atoms with Crippen LogP contribution in [0.4, 0.5) is 0 Å². The predicted molar refractivity (Wildman–Crippen MR) is 46.8 cm³/mol. The summed E-state index contributed by atoms with van der Waals surface area (Å²) in [5, 5.41) is 3.61. The number of carbonyl (C=O) groups is 1. The Morgan fingerprint density at radius 2 is 2.40 bits per heavy atom. The second-order valence-electron chi connectivity index (χ2n) is 1.84. The third-order valence-electron chi connectivity index (χ3n) is 1.15. The minimum Gasteiger partial charge on any atom is -0.303 e. The maximum absolute atomic E-state index is 10.2. The van der Waals surface area contributed by atoms with E-state index in [1.54, 1.807) is 5.41 Å². The number of hydrogen-bond donors (Lipinski definition) is 0. The summed E-state index contributed by atoms with van der Waals surface area (Å²) in [6.07, 6.45) is 3.72. The first kappa shape index (κ1) is 9.50. The number of carbonyl (C=O) groups excluding carboxylic acids is 1. The third kappa shape index (κ3) is 4.39. The van der Waals surface area contributed by atoms with Crippen LogP contribution in [0.3, 0.4) is 0 Å². The molecule has 0 radical (unpaired) electrons. The Morgan fingerprint density at radius 1 is 1.70 bits per heavy atom. The molecular weight excluding hydrogens is 144 g/mol. The SMILES string of the molecule is C=CS/C=C\C(C=O)CC. The Bertz CT molecular complexity index is 129. The van der Waals surface area contributed by atoms with Crippen molar-refractivity contribution >= 4 is 18.0 Å². The van der Waals surface area contributed by atoms with Crippen LogP contribution < -0.4 is 0 Å².